The molecule has 2 bridgehead atoms. The van der Waals surface area contributed by atoms with Crippen molar-refractivity contribution in [3.63, 3.8) is 0 Å². The third-order valence-electron chi connectivity index (χ3n) is 6.44. The van der Waals surface area contributed by atoms with Crippen molar-refractivity contribution in [2.75, 3.05) is 0 Å². The van der Waals surface area contributed by atoms with Gasteiger partial charge in [-0.1, -0.05) is 32.9 Å². The van der Waals surface area contributed by atoms with Gasteiger partial charge in [0.05, 0.1) is 0 Å². The van der Waals surface area contributed by atoms with Crippen molar-refractivity contribution in [3.05, 3.63) is 35.4 Å². The summed E-state index contributed by atoms with van der Waals surface area (Å²) in [4.78, 5) is 12.5. The number of benzene rings is 1. The molecule has 0 spiro atoms. The molecule has 21 heavy (non-hydrogen) atoms. The molecule has 0 radical (unpaired) electrons. The molecule has 114 valence electrons. The van der Waals surface area contributed by atoms with Crippen LogP contribution in [0.25, 0.3) is 0 Å². The average Bonchev–Trinajstić information content (AvgIpc) is 2.80. The molecule has 2 nitrogen and oxygen atoms in total. The molecule has 2 fully saturated rings. The number of carbonyl (C=O) groups excluding carboxylic acids is 1. The summed E-state index contributed by atoms with van der Waals surface area (Å²) >= 11 is 5.85. The van der Waals surface area contributed by atoms with E-state index in [1.165, 1.54) is 12.8 Å². The second kappa shape index (κ2) is 5.01. The van der Waals surface area contributed by atoms with Crippen molar-refractivity contribution in [2.24, 2.45) is 16.7 Å². The molecule has 0 aliphatic heterocycles. The van der Waals surface area contributed by atoms with Gasteiger partial charge < -0.3 is 5.32 Å². The summed E-state index contributed by atoms with van der Waals surface area (Å²) < 4.78 is 0. The summed E-state index contributed by atoms with van der Waals surface area (Å²) in [5.74, 6) is 1.22. The van der Waals surface area contributed by atoms with Crippen LogP contribution in [0.2, 0.25) is 0 Å². The first-order chi connectivity index (χ1) is 9.88. The van der Waals surface area contributed by atoms with Crippen LogP contribution in [-0.2, 0) is 5.88 Å². The van der Waals surface area contributed by atoms with Gasteiger partial charge in [-0.2, -0.15) is 0 Å². The molecule has 2 aliphatic rings. The van der Waals surface area contributed by atoms with Crippen LogP contribution in [0, 0.1) is 16.7 Å². The number of carbonyl (C=O) groups is 1. The van der Waals surface area contributed by atoms with E-state index in [-0.39, 0.29) is 11.3 Å². The summed E-state index contributed by atoms with van der Waals surface area (Å²) in [7, 11) is 0. The molecule has 0 saturated heterocycles. The first-order valence-corrected chi connectivity index (χ1v) is 8.38. The number of hydrogen-bond acceptors (Lipinski definition) is 1. The van der Waals surface area contributed by atoms with E-state index in [9.17, 15) is 4.79 Å². The lowest BCUT2D eigenvalue weighted by Crippen LogP contribution is -2.46. The van der Waals surface area contributed by atoms with Gasteiger partial charge in [-0.15, -0.1) is 11.6 Å². The fraction of sp³-hybridized carbons (Fsp3) is 0.611. The van der Waals surface area contributed by atoms with Crippen LogP contribution < -0.4 is 5.32 Å². The number of alkyl halides is 1. The van der Waals surface area contributed by atoms with E-state index in [0.717, 1.165) is 23.5 Å². The van der Waals surface area contributed by atoms with Crippen molar-refractivity contribution in [2.45, 2.75) is 52.0 Å². The highest BCUT2D eigenvalue weighted by molar-refractivity contribution is 6.17. The second-order valence-corrected chi connectivity index (χ2v) is 7.74. The maximum atomic E-state index is 12.5. The van der Waals surface area contributed by atoms with Gasteiger partial charge in [0.25, 0.3) is 5.91 Å². The van der Waals surface area contributed by atoms with Gasteiger partial charge in [-0.25, -0.2) is 0 Å². The molecule has 1 aromatic rings. The number of halogens is 1. The van der Waals surface area contributed by atoms with E-state index in [1.54, 1.807) is 0 Å². The van der Waals surface area contributed by atoms with Crippen molar-refractivity contribution in [1.82, 2.24) is 5.32 Å². The van der Waals surface area contributed by atoms with E-state index in [4.69, 9.17) is 11.6 Å². The summed E-state index contributed by atoms with van der Waals surface area (Å²) in [5.41, 5.74) is 2.25. The molecule has 0 heterocycles. The van der Waals surface area contributed by atoms with E-state index < -0.39 is 0 Å². The molecule has 2 aliphatic carbocycles. The predicted molar refractivity (Wildman–Crippen MR) is 86.5 cm³/mol. The SMILES string of the molecule is CC1(C)C2CCC1(C)C(NC(=O)c1cccc(CCl)c1)C2. The maximum Gasteiger partial charge on any atom is 0.251 e. The van der Waals surface area contributed by atoms with Crippen LogP contribution in [0.1, 0.15) is 56.0 Å². The quantitative estimate of drug-likeness (QED) is 0.825. The summed E-state index contributed by atoms with van der Waals surface area (Å²) in [6.45, 7) is 7.08. The first-order valence-electron chi connectivity index (χ1n) is 7.84. The molecule has 1 N–H and O–H groups in total. The normalized spacial score (nSPS) is 33.1. The fourth-order valence-corrected chi connectivity index (χ4v) is 4.63. The van der Waals surface area contributed by atoms with Gasteiger partial charge in [0.1, 0.15) is 0 Å². The zero-order valence-electron chi connectivity index (χ0n) is 13.1. The molecule has 2 saturated carbocycles. The molecular weight excluding hydrogens is 282 g/mol. The highest BCUT2D eigenvalue weighted by atomic mass is 35.5. The van der Waals surface area contributed by atoms with Gasteiger partial charge in [0.15, 0.2) is 0 Å². The number of amides is 1. The van der Waals surface area contributed by atoms with Gasteiger partial charge in [-0.3, -0.25) is 4.79 Å². The van der Waals surface area contributed by atoms with Crippen LogP contribution in [0.5, 0.6) is 0 Å². The Morgan fingerprint density at radius 2 is 2.14 bits per heavy atom. The largest absolute Gasteiger partial charge is 0.349 e. The number of fused-ring (bicyclic) bond motifs is 2. The third-order valence-corrected chi connectivity index (χ3v) is 6.75. The van der Waals surface area contributed by atoms with Crippen LogP contribution in [0.3, 0.4) is 0 Å². The van der Waals surface area contributed by atoms with Gasteiger partial charge in [0, 0.05) is 17.5 Å². The van der Waals surface area contributed by atoms with E-state index in [0.29, 0.717) is 17.3 Å². The van der Waals surface area contributed by atoms with Crippen molar-refractivity contribution in [3.8, 4) is 0 Å². The molecule has 3 rings (SSSR count). The van der Waals surface area contributed by atoms with Crippen LogP contribution in [0.4, 0.5) is 0 Å². The van der Waals surface area contributed by atoms with Gasteiger partial charge >= 0.3 is 0 Å². The van der Waals surface area contributed by atoms with Crippen LogP contribution in [-0.4, -0.2) is 11.9 Å². The Morgan fingerprint density at radius 1 is 1.38 bits per heavy atom. The van der Waals surface area contributed by atoms with Crippen LogP contribution >= 0.6 is 11.6 Å². The smallest absolute Gasteiger partial charge is 0.251 e. The minimum absolute atomic E-state index is 0.0385. The van der Waals surface area contributed by atoms with Crippen molar-refractivity contribution < 1.29 is 4.79 Å². The molecule has 3 heteroatoms. The summed E-state index contributed by atoms with van der Waals surface area (Å²) in [6, 6.07) is 7.90. The van der Waals surface area contributed by atoms with E-state index in [2.05, 4.69) is 26.1 Å². The Morgan fingerprint density at radius 3 is 2.71 bits per heavy atom. The average molecular weight is 306 g/mol. The summed E-state index contributed by atoms with van der Waals surface area (Å²) in [5, 5.41) is 3.29. The summed E-state index contributed by atoms with van der Waals surface area (Å²) in [6.07, 6.45) is 3.64. The minimum Gasteiger partial charge on any atom is -0.349 e. The molecule has 1 aromatic carbocycles. The molecule has 1 amide bonds. The van der Waals surface area contributed by atoms with Crippen molar-refractivity contribution in [1.29, 1.82) is 0 Å². The van der Waals surface area contributed by atoms with E-state index >= 15 is 0 Å². The van der Waals surface area contributed by atoms with Crippen molar-refractivity contribution >= 4 is 17.5 Å². The second-order valence-electron chi connectivity index (χ2n) is 7.47. The molecule has 0 aromatic heterocycles. The molecule has 3 unspecified atom stereocenters. The van der Waals surface area contributed by atoms with Gasteiger partial charge in [-0.05, 0) is 53.7 Å². The Hall–Kier alpha value is -1.02. The maximum absolute atomic E-state index is 12.5. The Labute approximate surface area is 132 Å². The third kappa shape index (κ3) is 2.19. The zero-order valence-corrected chi connectivity index (χ0v) is 13.8. The standard InChI is InChI=1S/C18H24ClNO/c1-17(2)14-7-8-18(17,3)15(10-14)20-16(21)13-6-4-5-12(9-13)11-19/h4-6,9,14-15H,7-8,10-11H2,1-3H3,(H,20,21). The Kier molecular flexibility index (Phi) is 3.56. The Bertz CT molecular complexity index is 568. The van der Waals surface area contributed by atoms with Crippen LogP contribution in [0.15, 0.2) is 24.3 Å². The predicted octanol–water partition coefficient (Wildman–Crippen LogP) is 4.37. The number of nitrogens with one attached hydrogen (secondary N) is 1. The number of hydrogen-bond donors (Lipinski definition) is 1. The molecular formula is C18H24ClNO. The minimum atomic E-state index is 0.0385. The monoisotopic (exact) mass is 305 g/mol. The highest BCUT2D eigenvalue weighted by Gasteiger charge is 2.61. The van der Waals surface area contributed by atoms with Gasteiger partial charge in [0.2, 0.25) is 0 Å². The van der Waals surface area contributed by atoms with E-state index in [1.807, 2.05) is 24.3 Å². The Balaban J connectivity index is 1.77. The fourth-order valence-electron chi connectivity index (χ4n) is 4.46. The lowest BCUT2D eigenvalue weighted by molar-refractivity contribution is 0.0826. The molecule has 3 atom stereocenters. The number of rotatable bonds is 3. The zero-order chi connectivity index (χ0) is 15.3. The topological polar surface area (TPSA) is 29.1 Å². The lowest BCUT2D eigenvalue weighted by atomic mass is 9.69. The highest BCUT2D eigenvalue weighted by Crippen LogP contribution is 2.65. The lowest BCUT2D eigenvalue weighted by Gasteiger charge is -2.39. The first kappa shape index (κ1) is 14.9.